The molecule has 0 bridgehead atoms. The molecule has 1 saturated carbocycles. The van der Waals surface area contributed by atoms with Gasteiger partial charge in [-0.2, -0.15) is 0 Å². The van der Waals surface area contributed by atoms with Crippen LogP contribution in [0.1, 0.15) is 30.4 Å². The van der Waals surface area contributed by atoms with E-state index < -0.39 is 0 Å². The zero-order valence-electron chi connectivity index (χ0n) is 10.4. The summed E-state index contributed by atoms with van der Waals surface area (Å²) in [6, 6.07) is 7.04. The predicted octanol–water partition coefficient (Wildman–Crippen LogP) is 2.82. The van der Waals surface area contributed by atoms with Crippen molar-refractivity contribution in [3.05, 3.63) is 29.3 Å². The van der Waals surface area contributed by atoms with E-state index in [0.29, 0.717) is 12.1 Å². The van der Waals surface area contributed by atoms with Crippen molar-refractivity contribution < 1.29 is 4.74 Å². The molecule has 2 heteroatoms. The monoisotopic (exact) mass is 219 g/mol. The summed E-state index contributed by atoms with van der Waals surface area (Å²) in [7, 11) is 2.03. The van der Waals surface area contributed by atoms with Crippen molar-refractivity contribution in [2.24, 2.45) is 0 Å². The van der Waals surface area contributed by atoms with E-state index in [2.05, 4.69) is 37.4 Å². The van der Waals surface area contributed by atoms with Gasteiger partial charge in [-0.25, -0.2) is 0 Å². The minimum Gasteiger partial charge on any atom is -0.490 e. The third kappa shape index (κ3) is 2.56. The molecule has 2 nitrogen and oxygen atoms in total. The summed E-state index contributed by atoms with van der Waals surface area (Å²) in [5, 5.41) is 3.33. The number of rotatable bonds is 3. The van der Waals surface area contributed by atoms with Gasteiger partial charge in [0, 0.05) is 6.04 Å². The molecule has 16 heavy (non-hydrogen) atoms. The van der Waals surface area contributed by atoms with Crippen LogP contribution < -0.4 is 10.1 Å². The summed E-state index contributed by atoms with van der Waals surface area (Å²) in [5.74, 6) is 1.06. The summed E-state index contributed by atoms with van der Waals surface area (Å²) in [6.07, 6.45) is 3.91. The molecule has 0 heterocycles. The van der Waals surface area contributed by atoms with Crippen LogP contribution in [-0.4, -0.2) is 19.2 Å². The molecule has 2 rings (SSSR count). The van der Waals surface area contributed by atoms with Gasteiger partial charge in [0.25, 0.3) is 0 Å². The minimum atomic E-state index is 0.387. The molecule has 1 fully saturated rings. The molecule has 1 aliphatic carbocycles. The summed E-state index contributed by atoms with van der Waals surface area (Å²) >= 11 is 0. The first-order chi connectivity index (χ1) is 7.69. The van der Waals surface area contributed by atoms with Crippen LogP contribution in [0.4, 0.5) is 0 Å². The topological polar surface area (TPSA) is 21.3 Å². The number of hydrogen-bond donors (Lipinski definition) is 1. The Kier molecular flexibility index (Phi) is 3.49. The van der Waals surface area contributed by atoms with Crippen LogP contribution in [0.5, 0.6) is 5.75 Å². The number of benzene rings is 1. The van der Waals surface area contributed by atoms with Gasteiger partial charge in [0.2, 0.25) is 0 Å². The van der Waals surface area contributed by atoms with Gasteiger partial charge < -0.3 is 10.1 Å². The quantitative estimate of drug-likeness (QED) is 0.844. The Balaban J connectivity index is 2.01. The molecule has 1 aromatic carbocycles. The van der Waals surface area contributed by atoms with Crippen LogP contribution in [-0.2, 0) is 0 Å². The smallest absolute Gasteiger partial charge is 0.122 e. The maximum atomic E-state index is 6.08. The number of aryl methyl sites for hydroxylation is 2. The molecular weight excluding hydrogens is 198 g/mol. The van der Waals surface area contributed by atoms with Gasteiger partial charge >= 0.3 is 0 Å². The van der Waals surface area contributed by atoms with Crippen molar-refractivity contribution in [3.8, 4) is 5.75 Å². The highest BCUT2D eigenvalue weighted by molar-refractivity contribution is 5.36. The number of nitrogens with one attached hydrogen (secondary N) is 1. The van der Waals surface area contributed by atoms with Gasteiger partial charge in [-0.05, 0) is 57.4 Å². The Labute approximate surface area is 98.0 Å². The molecule has 2 atom stereocenters. The predicted molar refractivity (Wildman–Crippen MR) is 67.0 cm³/mol. The molecule has 0 aliphatic heterocycles. The summed E-state index contributed by atoms with van der Waals surface area (Å²) < 4.78 is 6.08. The fourth-order valence-electron chi connectivity index (χ4n) is 2.32. The average molecular weight is 219 g/mol. The van der Waals surface area contributed by atoms with Gasteiger partial charge in [-0.1, -0.05) is 12.1 Å². The van der Waals surface area contributed by atoms with Crippen LogP contribution in [0.2, 0.25) is 0 Å². The van der Waals surface area contributed by atoms with Crippen LogP contribution in [0.15, 0.2) is 18.2 Å². The van der Waals surface area contributed by atoms with E-state index in [-0.39, 0.29) is 0 Å². The van der Waals surface area contributed by atoms with E-state index in [1.807, 2.05) is 7.05 Å². The molecule has 2 unspecified atom stereocenters. The highest BCUT2D eigenvalue weighted by Crippen LogP contribution is 2.27. The lowest BCUT2D eigenvalue weighted by molar-refractivity contribution is 0.205. The zero-order chi connectivity index (χ0) is 11.5. The third-order valence-electron chi connectivity index (χ3n) is 3.43. The Bertz CT molecular complexity index is 362. The second-order valence-corrected chi connectivity index (χ2v) is 4.81. The third-order valence-corrected chi connectivity index (χ3v) is 3.43. The number of hydrogen-bond acceptors (Lipinski definition) is 2. The Morgan fingerprint density at radius 2 is 2.06 bits per heavy atom. The molecule has 1 N–H and O–H groups in total. The Morgan fingerprint density at radius 1 is 1.25 bits per heavy atom. The Hall–Kier alpha value is -1.02. The maximum Gasteiger partial charge on any atom is 0.122 e. The number of ether oxygens (including phenoxy) is 1. The van der Waals surface area contributed by atoms with Crippen molar-refractivity contribution in [1.29, 1.82) is 0 Å². The summed E-state index contributed by atoms with van der Waals surface area (Å²) in [4.78, 5) is 0. The second kappa shape index (κ2) is 4.88. The molecule has 1 aromatic rings. The largest absolute Gasteiger partial charge is 0.490 e. The fraction of sp³-hybridized carbons (Fsp3) is 0.571. The van der Waals surface area contributed by atoms with Crippen LogP contribution >= 0.6 is 0 Å². The highest BCUT2D eigenvalue weighted by Gasteiger charge is 2.25. The van der Waals surface area contributed by atoms with E-state index in [0.717, 1.165) is 12.2 Å². The van der Waals surface area contributed by atoms with Crippen molar-refractivity contribution in [2.75, 3.05) is 7.05 Å². The first-order valence-corrected chi connectivity index (χ1v) is 6.10. The van der Waals surface area contributed by atoms with Crippen LogP contribution in [0.25, 0.3) is 0 Å². The molecular formula is C14H21NO. The molecule has 88 valence electrons. The van der Waals surface area contributed by atoms with Gasteiger partial charge in [0.15, 0.2) is 0 Å². The molecule has 0 saturated heterocycles. The van der Waals surface area contributed by atoms with Gasteiger partial charge in [-0.15, -0.1) is 0 Å². The Morgan fingerprint density at radius 3 is 2.75 bits per heavy atom. The molecule has 1 aliphatic rings. The molecule has 0 spiro atoms. The van der Waals surface area contributed by atoms with E-state index in [1.54, 1.807) is 0 Å². The van der Waals surface area contributed by atoms with Crippen molar-refractivity contribution in [1.82, 2.24) is 5.32 Å². The van der Waals surface area contributed by atoms with Crippen molar-refractivity contribution in [3.63, 3.8) is 0 Å². The lowest BCUT2D eigenvalue weighted by atomic mass is 10.1. The summed E-state index contributed by atoms with van der Waals surface area (Å²) in [6.45, 7) is 4.22. The van der Waals surface area contributed by atoms with Gasteiger partial charge in [-0.3, -0.25) is 0 Å². The van der Waals surface area contributed by atoms with Crippen LogP contribution in [0, 0.1) is 13.8 Å². The normalized spacial score (nSPS) is 24.7. The lowest BCUT2D eigenvalue weighted by Gasteiger charge is -2.16. The fourth-order valence-corrected chi connectivity index (χ4v) is 2.32. The second-order valence-electron chi connectivity index (χ2n) is 4.81. The van der Waals surface area contributed by atoms with E-state index in [4.69, 9.17) is 4.74 Å². The standard InChI is InChI=1S/C14H21NO/c1-10-4-5-11(2)14(8-10)16-13-7-6-12(9-13)15-3/h4-5,8,12-13,15H,6-7,9H2,1-3H3. The van der Waals surface area contributed by atoms with Gasteiger partial charge in [0.05, 0.1) is 0 Å². The SMILES string of the molecule is CNC1CCC(Oc2cc(C)ccc2C)C1. The average Bonchev–Trinajstić information content (AvgIpc) is 2.71. The van der Waals surface area contributed by atoms with Crippen molar-refractivity contribution >= 4 is 0 Å². The highest BCUT2D eigenvalue weighted by atomic mass is 16.5. The van der Waals surface area contributed by atoms with E-state index in [9.17, 15) is 0 Å². The minimum absolute atomic E-state index is 0.387. The molecule has 0 radical (unpaired) electrons. The first kappa shape index (κ1) is 11.5. The van der Waals surface area contributed by atoms with Crippen LogP contribution in [0.3, 0.4) is 0 Å². The summed E-state index contributed by atoms with van der Waals surface area (Å²) in [5.41, 5.74) is 2.50. The van der Waals surface area contributed by atoms with E-state index >= 15 is 0 Å². The lowest BCUT2D eigenvalue weighted by Crippen LogP contribution is -2.23. The zero-order valence-corrected chi connectivity index (χ0v) is 10.4. The van der Waals surface area contributed by atoms with E-state index in [1.165, 1.54) is 24.0 Å². The van der Waals surface area contributed by atoms with Gasteiger partial charge in [0.1, 0.15) is 11.9 Å². The van der Waals surface area contributed by atoms with Crippen molar-refractivity contribution in [2.45, 2.75) is 45.3 Å². The maximum absolute atomic E-state index is 6.08. The first-order valence-electron chi connectivity index (χ1n) is 6.10. The molecule has 0 amide bonds. The molecule has 0 aromatic heterocycles.